The zero-order valence-electron chi connectivity index (χ0n) is 8.98. The van der Waals surface area contributed by atoms with E-state index in [0.717, 1.165) is 24.0 Å². The Labute approximate surface area is 90.3 Å². The molecule has 0 fully saturated rings. The molecule has 1 radical (unpaired) electrons. The summed E-state index contributed by atoms with van der Waals surface area (Å²) in [6.07, 6.45) is 9.74. The molecular weight excluding hydrogens is 184 g/mol. The second kappa shape index (κ2) is 4.78. The maximum absolute atomic E-state index is 4.22. The molecule has 2 aromatic rings. The fraction of sp³-hybridized carbons (Fsp3) is 0.308. The topological polar surface area (TPSA) is 17.8 Å². The van der Waals surface area contributed by atoms with Crippen LogP contribution >= 0.6 is 0 Å². The quantitative estimate of drug-likeness (QED) is 0.691. The first kappa shape index (κ1) is 9.97. The van der Waals surface area contributed by atoms with Gasteiger partial charge in [0.25, 0.3) is 0 Å². The van der Waals surface area contributed by atoms with Crippen LogP contribution in [0.1, 0.15) is 19.8 Å². The fourth-order valence-corrected chi connectivity index (χ4v) is 1.56. The van der Waals surface area contributed by atoms with Gasteiger partial charge in [0.15, 0.2) is 6.33 Å². The van der Waals surface area contributed by atoms with Gasteiger partial charge in [-0.15, -0.1) is 0 Å². The summed E-state index contributed by atoms with van der Waals surface area (Å²) in [5, 5.41) is 0. The minimum atomic E-state index is 0.862. The Kier molecular flexibility index (Phi) is 3.18. The summed E-state index contributed by atoms with van der Waals surface area (Å²) >= 11 is 0. The summed E-state index contributed by atoms with van der Waals surface area (Å²) in [4.78, 5) is 4.22. The van der Waals surface area contributed by atoms with Gasteiger partial charge < -0.3 is 4.57 Å². The predicted molar refractivity (Wildman–Crippen MR) is 62.6 cm³/mol. The molecule has 2 heteroatoms. The van der Waals surface area contributed by atoms with E-state index in [4.69, 9.17) is 0 Å². The van der Waals surface area contributed by atoms with E-state index < -0.39 is 0 Å². The number of nitrogens with zero attached hydrogens (tertiary/aromatic N) is 2. The molecule has 2 nitrogen and oxygen atoms in total. The van der Waals surface area contributed by atoms with Crippen LogP contribution < -0.4 is 0 Å². The Morgan fingerprint density at radius 3 is 3.07 bits per heavy atom. The number of hydrogen-bond acceptors (Lipinski definition) is 1. The second-order valence-electron chi connectivity index (χ2n) is 3.57. The molecule has 0 saturated carbocycles. The number of rotatable bonds is 4. The lowest BCUT2D eigenvalue weighted by Gasteiger charge is -1.97. The third kappa shape index (κ3) is 2.27. The minimum absolute atomic E-state index is 0.862. The Hall–Kier alpha value is -1.57. The SMILES string of the molecule is CCC/C=C/Cn1[c]nc2ccccc21. The van der Waals surface area contributed by atoms with Crippen molar-refractivity contribution in [1.82, 2.24) is 9.55 Å². The molecule has 1 heterocycles. The molecule has 1 aromatic heterocycles. The second-order valence-corrected chi connectivity index (χ2v) is 3.57. The van der Waals surface area contributed by atoms with Crippen LogP contribution in [-0.4, -0.2) is 9.55 Å². The van der Waals surface area contributed by atoms with E-state index >= 15 is 0 Å². The zero-order valence-corrected chi connectivity index (χ0v) is 8.98. The largest absolute Gasteiger partial charge is 0.317 e. The fourth-order valence-electron chi connectivity index (χ4n) is 1.56. The number of aromatic nitrogens is 2. The van der Waals surface area contributed by atoms with E-state index in [0.29, 0.717) is 0 Å². The lowest BCUT2D eigenvalue weighted by molar-refractivity contribution is 0.832. The molecule has 0 N–H and O–H groups in total. The molecule has 77 valence electrons. The normalized spacial score (nSPS) is 11.5. The monoisotopic (exact) mass is 199 g/mol. The van der Waals surface area contributed by atoms with Crippen LogP contribution in [0.2, 0.25) is 0 Å². The van der Waals surface area contributed by atoms with Crippen LogP contribution in [0, 0.1) is 6.33 Å². The van der Waals surface area contributed by atoms with Crippen molar-refractivity contribution >= 4 is 11.0 Å². The number of para-hydroxylation sites is 2. The molecule has 0 unspecified atom stereocenters. The van der Waals surface area contributed by atoms with Crippen molar-refractivity contribution in [2.45, 2.75) is 26.3 Å². The van der Waals surface area contributed by atoms with Crippen LogP contribution in [0.5, 0.6) is 0 Å². The molecule has 0 spiro atoms. The van der Waals surface area contributed by atoms with E-state index in [1.165, 1.54) is 6.42 Å². The van der Waals surface area contributed by atoms with Crippen molar-refractivity contribution in [2.75, 3.05) is 0 Å². The van der Waals surface area contributed by atoms with Crippen LogP contribution in [0.3, 0.4) is 0 Å². The third-order valence-corrected chi connectivity index (χ3v) is 2.37. The van der Waals surface area contributed by atoms with Gasteiger partial charge in [-0.2, -0.15) is 0 Å². The van der Waals surface area contributed by atoms with Gasteiger partial charge in [0.1, 0.15) is 0 Å². The minimum Gasteiger partial charge on any atom is -0.317 e. The highest BCUT2D eigenvalue weighted by Gasteiger charge is 1.98. The number of hydrogen-bond donors (Lipinski definition) is 0. The van der Waals surface area contributed by atoms with Crippen molar-refractivity contribution in [3.63, 3.8) is 0 Å². The van der Waals surface area contributed by atoms with Crippen LogP contribution in [0.4, 0.5) is 0 Å². The molecule has 0 saturated heterocycles. The Morgan fingerprint density at radius 1 is 1.33 bits per heavy atom. The van der Waals surface area contributed by atoms with Crippen molar-refractivity contribution in [2.24, 2.45) is 0 Å². The molecule has 0 bridgehead atoms. The van der Waals surface area contributed by atoms with Gasteiger partial charge in [0, 0.05) is 6.54 Å². The first-order valence-electron chi connectivity index (χ1n) is 5.39. The molecule has 15 heavy (non-hydrogen) atoms. The van der Waals surface area contributed by atoms with E-state index in [2.05, 4.69) is 36.5 Å². The van der Waals surface area contributed by atoms with Gasteiger partial charge in [-0.3, -0.25) is 0 Å². The standard InChI is InChI=1S/C13H15N2/c1-2-3-4-7-10-15-11-14-12-8-5-6-9-13(12)15/h4-9H,2-3,10H2,1H3/b7-4+. The average molecular weight is 199 g/mol. The molecule has 0 amide bonds. The number of imidazole rings is 1. The van der Waals surface area contributed by atoms with Crippen LogP contribution in [0.15, 0.2) is 36.4 Å². The summed E-state index contributed by atoms with van der Waals surface area (Å²) in [5.74, 6) is 0. The van der Waals surface area contributed by atoms with Crippen molar-refractivity contribution in [3.05, 3.63) is 42.7 Å². The van der Waals surface area contributed by atoms with Crippen molar-refractivity contribution < 1.29 is 0 Å². The van der Waals surface area contributed by atoms with E-state index in [9.17, 15) is 0 Å². The highest BCUT2D eigenvalue weighted by atomic mass is 15.0. The van der Waals surface area contributed by atoms with Crippen molar-refractivity contribution in [1.29, 1.82) is 0 Å². The number of allylic oxidation sites excluding steroid dienone is 2. The van der Waals surface area contributed by atoms with E-state index in [1.54, 1.807) is 0 Å². The zero-order chi connectivity index (χ0) is 10.5. The van der Waals surface area contributed by atoms with Gasteiger partial charge in [0.05, 0.1) is 11.0 Å². The third-order valence-electron chi connectivity index (χ3n) is 2.37. The Bertz CT molecular complexity index is 454. The number of unbranched alkanes of at least 4 members (excludes halogenated alkanes) is 1. The summed E-state index contributed by atoms with van der Waals surface area (Å²) in [7, 11) is 0. The number of benzene rings is 1. The van der Waals surface area contributed by atoms with Gasteiger partial charge in [-0.1, -0.05) is 37.6 Å². The maximum Gasteiger partial charge on any atom is 0.177 e. The molecule has 0 atom stereocenters. The van der Waals surface area contributed by atoms with Gasteiger partial charge >= 0.3 is 0 Å². The predicted octanol–water partition coefficient (Wildman–Crippen LogP) is 3.19. The molecular formula is C13H15N2. The molecule has 0 aliphatic rings. The lowest BCUT2D eigenvalue weighted by Crippen LogP contribution is -1.92. The molecule has 1 aromatic carbocycles. The first-order valence-corrected chi connectivity index (χ1v) is 5.39. The Balaban J connectivity index is 2.14. The smallest absolute Gasteiger partial charge is 0.177 e. The lowest BCUT2D eigenvalue weighted by atomic mass is 10.3. The van der Waals surface area contributed by atoms with E-state index in [-0.39, 0.29) is 0 Å². The highest BCUT2D eigenvalue weighted by Crippen LogP contribution is 2.11. The maximum atomic E-state index is 4.22. The molecule has 0 aliphatic carbocycles. The van der Waals surface area contributed by atoms with Crippen molar-refractivity contribution in [3.8, 4) is 0 Å². The van der Waals surface area contributed by atoms with Gasteiger partial charge in [-0.25, -0.2) is 4.98 Å². The summed E-state index contributed by atoms with van der Waals surface area (Å²) in [6.45, 7) is 3.05. The van der Waals surface area contributed by atoms with Crippen LogP contribution in [0.25, 0.3) is 11.0 Å². The molecule has 0 aliphatic heterocycles. The van der Waals surface area contributed by atoms with Gasteiger partial charge in [-0.05, 0) is 18.6 Å². The Morgan fingerprint density at radius 2 is 2.20 bits per heavy atom. The first-order chi connectivity index (χ1) is 7.42. The average Bonchev–Trinajstić information content (AvgIpc) is 2.68. The summed E-state index contributed by atoms with van der Waals surface area (Å²) in [6, 6.07) is 8.12. The van der Waals surface area contributed by atoms with Gasteiger partial charge in [0.2, 0.25) is 0 Å². The molecule has 2 rings (SSSR count). The van der Waals surface area contributed by atoms with Crippen LogP contribution in [-0.2, 0) is 6.54 Å². The highest BCUT2D eigenvalue weighted by molar-refractivity contribution is 5.74. The van der Waals surface area contributed by atoms with E-state index in [1.807, 2.05) is 22.8 Å². The summed E-state index contributed by atoms with van der Waals surface area (Å²) in [5.41, 5.74) is 2.17. The summed E-state index contributed by atoms with van der Waals surface area (Å²) < 4.78 is 2.04. The number of fused-ring (bicyclic) bond motifs is 1.